The standard InChI is InChI=1S/C28H21Cl2F3O10S/c1-26(2,3)41-24(34)13-5-6-15-14(7-13)25(35)42-27(15)16-8-18(29)22(39-12-38-4)10-20(16)40-21-11-23(19(30)9-17(21)27)43-44(36,37)28(31,32)33/h5-11H,12H2,1-4H3. The average Bonchev–Trinajstić information content (AvgIpc) is 3.19. The molecular formula is C28H21Cl2F3O10S. The van der Waals surface area contributed by atoms with E-state index in [4.69, 9.17) is 46.9 Å². The number of ether oxygens (including phenoxy) is 5. The van der Waals surface area contributed by atoms with Crippen LogP contribution in [0.4, 0.5) is 13.2 Å². The van der Waals surface area contributed by atoms with Crippen LogP contribution >= 0.6 is 23.2 Å². The zero-order valence-corrected chi connectivity index (χ0v) is 25.5. The molecule has 0 saturated carbocycles. The van der Waals surface area contributed by atoms with Crippen molar-refractivity contribution in [1.82, 2.24) is 0 Å². The summed E-state index contributed by atoms with van der Waals surface area (Å²) in [4.78, 5) is 26.2. The quantitative estimate of drug-likeness (QED) is 0.120. The molecule has 3 aromatic carbocycles. The van der Waals surface area contributed by atoms with Gasteiger partial charge >= 0.3 is 27.6 Å². The third kappa shape index (κ3) is 5.40. The van der Waals surface area contributed by atoms with Gasteiger partial charge in [-0.05, 0) is 45.0 Å². The topological polar surface area (TPSA) is 124 Å². The van der Waals surface area contributed by atoms with Crippen molar-refractivity contribution in [3.63, 3.8) is 0 Å². The van der Waals surface area contributed by atoms with Crippen molar-refractivity contribution in [2.24, 2.45) is 0 Å². The molecule has 0 aliphatic carbocycles. The molecule has 0 radical (unpaired) electrons. The molecule has 0 saturated heterocycles. The van der Waals surface area contributed by atoms with E-state index >= 15 is 0 Å². The van der Waals surface area contributed by atoms with Gasteiger partial charge in [-0.1, -0.05) is 29.3 Å². The van der Waals surface area contributed by atoms with Gasteiger partial charge in [0.05, 0.1) is 21.2 Å². The summed E-state index contributed by atoms with van der Waals surface area (Å²) in [5.41, 5.74) is -8.12. The predicted molar refractivity (Wildman–Crippen MR) is 148 cm³/mol. The summed E-state index contributed by atoms with van der Waals surface area (Å²) >= 11 is 12.7. The molecular weight excluding hydrogens is 656 g/mol. The van der Waals surface area contributed by atoms with Crippen molar-refractivity contribution in [3.8, 4) is 23.0 Å². The third-order valence-electron chi connectivity index (χ3n) is 6.36. The highest BCUT2D eigenvalue weighted by atomic mass is 35.5. The summed E-state index contributed by atoms with van der Waals surface area (Å²) in [6.07, 6.45) is 0. The van der Waals surface area contributed by atoms with Crippen molar-refractivity contribution in [1.29, 1.82) is 0 Å². The lowest BCUT2D eigenvalue weighted by Gasteiger charge is -2.37. The highest BCUT2D eigenvalue weighted by molar-refractivity contribution is 7.88. The second-order valence-corrected chi connectivity index (χ2v) is 12.9. The smallest absolute Gasteiger partial charge is 0.466 e. The van der Waals surface area contributed by atoms with Gasteiger partial charge in [-0.2, -0.15) is 21.6 Å². The molecule has 5 rings (SSSR count). The van der Waals surface area contributed by atoms with Crippen LogP contribution in [0.5, 0.6) is 23.0 Å². The van der Waals surface area contributed by atoms with E-state index in [0.717, 1.165) is 12.1 Å². The fourth-order valence-electron chi connectivity index (χ4n) is 4.65. The molecule has 0 aromatic heterocycles. The second-order valence-electron chi connectivity index (χ2n) is 10.5. The zero-order chi connectivity index (χ0) is 32.4. The van der Waals surface area contributed by atoms with Crippen LogP contribution < -0.4 is 13.7 Å². The lowest BCUT2D eigenvalue weighted by atomic mass is 9.77. The van der Waals surface area contributed by atoms with Gasteiger partial charge in [0, 0.05) is 35.9 Å². The van der Waals surface area contributed by atoms with E-state index in [9.17, 15) is 31.2 Å². The maximum absolute atomic E-state index is 13.4. The van der Waals surface area contributed by atoms with E-state index in [1.165, 1.54) is 37.4 Å². The number of carbonyl (C=O) groups excluding carboxylic acids is 2. The zero-order valence-electron chi connectivity index (χ0n) is 23.1. The van der Waals surface area contributed by atoms with Gasteiger partial charge in [-0.15, -0.1) is 0 Å². The Balaban J connectivity index is 1.74. The Labute approximate surface area is 258 Å². The van der Waals surface area contributed by atoms with E-state index in [1.807, 2.05) is 0 Å². The first kappa shape index (κ1) is 31.7. The second kappa shape index (κ2) is 10.7. The third-order valence-corrected chi connectivity index (χ3v) is 7.92. The molecule has 0 amide bonds. The summed E-state index contributed by atoms with van der Waals surface area (Å²) in [5.74, 6) is -2.73. The summed E-state index contributed by atoms with van der Waals surface area (Å²) in [7, 11) is -4.74. The maximum Gasteiger partial charge on any atom is 0.534 e. The number of hydrogen-bond acceptors (Lipinski definition) is 10. The molecule has 0 N–H and O–H groups in total. The van der Waals surface area contributed by atoms with Gasteiger partial charge < -0.3 is 27.9 Å². The summed E-state index contributed by atoms with van der Waals surface area (Å²) < 4.78 is 94.8. The minimum Gasteiger partial charge on any atom is -0.466 e. The van der Waals surface area contributed by atoms with Gasteiger partial charge in [-0.25, -0.2) is 9.59 Å². The molecule has 3 aromatic rings. The molecule has 234 valence electrons. The number of benzene rings is 3. The maximum atomic E-state index is 13.4. The molecule has 0 fully saturated rings. The van der Waals surface area contributed by atoms with E-state index in [2.05, 4.69) is 4.18 Å². The molecule has 1 unspecified atom stereocenters. The number of methoxy groups -OCH3 is 1. The van der Waals surface area contributed by atoms with Crippen molar-refractivity contribution in [2.45, 2.75) is 37.5 Å². The normalized spacial score (nSPS) is 17.2. The molecule has 10 nitrogen and oxygen atoms in total. The molecule has 2 heterocycles. The minimum absolute atomic E-state index is 0.00880. The minimum atomic E-state index is -6.11. The number of alkyl halides is 3. The fraction of sp³-hybridized carbons (Fsp3) is 0.286. The Morgan fingerprint density at radius 2 is 1.52 bits per heavy atom. The van der Waals surface area contributed by atoms with Crippen molar-refractivity contribution >= 4 is 45.3 Å². The molecule has 2 aliphatic rings. The molecule has 44 heavy (non-hydrogen) atoms. The van der Waals surface area contributed by atoms with E-state index < -0.39 is 49.5 Å². The Morgan fingerprint density at radius 1 is 0.932 bits per heavy atom. The van der Waals surface area contributed by atoms with Crippen molar-refractivity contribution in [2.75, 3.05) is 13.9 Å². The summed E-state index contributed by atoms with van der Waals surface area (Å²) in [6, 6.07) is 8.70. The Morgan fingerprint density at radius 3 is 2.09 bits per heavy atom. The van der Waals surface area contributed by atoms with E-state index in [1.54, 1.807) is 20.8 Å². The SMILES string of the molecule is COCOc1cc2c(cc1Cl)C1(OC(=O)c3cc(C(=O)OC(C)(C)C)ccc31)c1cc(Cl)c(OS(=O)(=O)C(F)(F)F)cc1O2. The van der Waals surface area contributed by atoms with Crippen LogP contribution in [0.3, 0.4) is 0 Å². The van der Waals surface area contributed by atoms with Crippen LogP contribution in [0, 0.1) is 0 Å². The van der Waals surface area contributed by atoms with Crippen LogP contribution in [0.25, 0.3) is 0 Å². The number of fused-ring (bicyclic) bond motifs is 6. The van der Waals surface area contributed by atoms with Gasteiger partial charge in [-0.3, -0.25) is 0 Å². The highest BCUT2D eigenvalue weighted by Gasteiger charge is 2.55. The summed E-state index contributed by atoms with van der Waals surface area (Å²) in [5, 5.41) is -0.534. The van der Waals surface area contributed by atoms with Gasteiger partial charge in [0.2, 0.25) is 0 Å². The number of rotatable bonds is 6. The molecule has 1 spiro atoms. The Bertz CT molecular complexity index is 1820. The number of carbonyl (C=O) groups is 2. The summed E-state index contributed by atoms with van der Waals surface area (Å²) in [6.45, 7) is 4.81. The average molecular weight is 677 g/mol. The van der Waals surface area contributed by atoms with Crippen molar-refractivity contribution < 1.29 is 59.0 Å². The highest BCUT2D eigenvalue weighted by Crippen LogP contribution is 2.59. The Hall–Kier alpha value is -3.72. The van der Waals surface area contributed by atoms with Gasteiger partial charge in [0.25, 0.3) is 0 Å². The lowest BCUT2D eigenvalue weighted by molar-refractivity contribution is -0.0500. The van der Waals surface area contributed by atoms with Crippen LogP contribution in [-0.2, 0) is 29.9 Å². The number of hydrogen-bond donors (Lipinski definition) is 0. The monoisotopic (exact) mass is 676 g/mol. The van der Waals surface area contributed by atoms with E-state index in [0.29, 0.717) is 0 Å². The van der Waals surface area contributed by atoms with Gasteiger partial charge in [0.15, 0.2) is 18.1 Å². The molecule has 1 atom stereocenters. The van der Waals surface area contributed by atoms with E-state index in [-0.39, 0.29) is 56.9 Å². The van der Waals surface area contributed by atoms with Gasteiger partial charge in [0.1, 0.15) is 22.8 Å². The molecule has 2 aliphatic heterocycles. The van der Waals surface area contributed by atoms with Crippen LogP contribution in [0.15, 0.2) is 42.5 Å². The van der Waals surface area contributed by atoms with Crippen LogP contribution in [0.1, 0.15) is 58.2 Å². The van der Waals surface area contributed by atoms with Crippen LogP contribution in [-0.4, -0.2) is 45.4 Å². The first-order chi connectivity index (χ1) is 20.4. The largest absolute Gasteiger partial charge is 0.534 e. The van der Waals surface area contributed by atoms with Crippen molar-refractivity contribution in [3.05, 3.63) is 80.3 Å². The lowest BCUT2D eigenvalue weighted by Crippen LogP contribution is -2.33. The van der Waals surface area contributed by atoms with Crippen LogP contribution in [0.2, 0.25) is 10.0 Å². The Kier molecular flexibility index (Phi) is 7.72. The molecule has 0 bridgehead atoms. The first-order valence-electron chi connectivity index (χ1n) is 12.5. The molecule has 16 heteroatoms. The fourth-order valence-corrected chi connectivity index (χ4v) is 5.58. The number of halogens is 5. The first-order valence-corrected chi connectivity index (χ1v) is 14.6. The number of esters is 2. The predicted octanol–water partition coefficient (Wildman–Crippen LogP) is 6.73.